The van der Waals surface area contributed by atoms with Crippen molar-refractivity contribution < 1.29 is 8.42 Å². The zero-order valence-corrected chi connectivity index (χ0v) is 12.2. The molecule has 1 aromatic rings. The molecule has 0 aromatic heterocycles. The lowest BCUT2D eigenvalue weighted by Gasteiger charge is -2.19. The topological polar surface area (TPSA) is 46.2 Å². The van der Waals surface area contributed by atoms with Crippen LogP contribution < -0.4 is 5.32 Å². The molecule has 0 aliphatic carbocycles. The monoisotopic (exact) mass is 269 g/mol. The Labute approximate surface area is 111 Å². The molecule has 0 bridgehead atoms. The van der Waals surface area contributed by atoms with Gasteiger partial charge in [-0.25, -0.2) is 8.42 Å². The third kappa shape index (κ3) is 4.42. The molecule has 1 aromatic carbocycles. The highest BCUT2D eigenvalue weighted by Gasteiger charge is 2.15. The zero-order chi connectivity index (χ0) is 13.6. The van der Waals surface area contributed by atoms with E-state index in [1.807, 2.05) is 6.07 Å². The van der Waals surface area contributed by atoms with Crippen molar-refractivity contribution >= 4 is 9.84 Å². The number of nitrogens with one attached hydrogen (secondary N) is 1. The molecule has 102 valence electrons. The number of sulfone groups is 1. The van der Waals surface area contributed by atoms with Crippen LogP contribution in [0.5, 0.6) is 0 Å². The minimum atomic E-state index is -3.15. The lowest BCUT2D eigenvalue weighted by Crippen LogP contribution is -2.35. The molecule has 0 heterocycles. The quantitative estimate of drug-likeness (QED) is 0.827. The van der Waals surface area contributed by atoms with Gasteiger partial charge in [0.1, 0.15) is 0 Å². The molecular weight excluding hydrogens is 246 g/mol. The number of hydrogen-bond donors (Lipinski definition) is 1. The SMILES string of the molecule is CCC(C)C(C)NCCS(=O)(=O)c1ccccc1. The number of rotatable bonds is 7. The molecule has 2 unspecified atom stereocenters. The van der Waals surface area contributed by atoms with Gasteiger partial charge in [0.2, 0.25) is 0 Å². The van der Waals surface area contributed by atoms with Gasteiger partial charge in [-0.1, -0.05) is 38.5 Å². The van der Waals surface area contributed by atoms with Crippen LogP contribution in [0.15, 0.2) is 35.2 Å². The normalized spacial score (nSPS) is 15.3. The van der Waals surface area contributed by atoms with E-state index in [0.717, 1.165) is 6.42 Å². The summed E-state index contributed by atoms with van der Waals surface area (Å²) < 4.78 is 24.0. The molecule has 1 N–H and O–H groups in total. The van der Waals surface area contributed by atoms with E-state index in [9.17, 15) is 8.42 Å². The van der Waals surface area contributed by atoms with E-state index in [0.29, 0.717) is 23.4 Å². The van der Waals surface area contributed by atoms with E-state index in [1.165, 1.54) is 0 Å². The standard InChI is InChI=1S/C14H23NO2S/c1-4-12(2)13(3)15-10-11-18(16,17)14-8-6-5-7-9-14/h5-9,12-13,15H,4,10-11H2,1-3H3. The summed E-state index contributed by atoms with van der Waals surface area (Å²) in [4.78, 5) is 0.406. The molecule has 4 heteroatoms. The Morgan fingerprint density at radius 3 is 2.33 bits per heavy atom. The summed E-state index contributed by atoms with van der Waals surface area (Å²) in [6.45, 7) is 6.92. The van der Waals surface area contributed by atoms with Crippen LogP contribution >= 0.6 is 0 Å². The summed E-state index contributed by atoms with van der Waals surface area (Å²) in [7, 11) is -3.15. The van der Waals surface area contributed by atoms with E-state index < -0.39 is 9.84 Å². The Bertz CT molecular complexity index is 442. The summed E-state index contributed by atoms with van der Waals surface area (Å²) in [5.41, 5.74) is 0. The maximum Gasteiger partial charge on any atom is 0.179 e. The maximum atomic E-state index is 12.0. The predicted octanol–water partition coefficient (Wildman–Crippen LogP) is 2.48. The summed E-state index contributed by atoms with van der Waals surface area (Å²) in [5, 5.41) is 3.28. The van der Waals surface area contributed by atoms with Gasteiger partial charge in [0.15, 0.2) is 9.84 Å². The molecule has 0 radical (unpaired) electrons. The first kappa shape index (κ1) is 15.2. The molecule has 0 aliphatic rings. The number of benzene rings is 1. The fraction of sp³-hybridized carbons (Fsp3) is 0.571. The molecule has 0 fully saturated rings. The Kier molecular flexibility index (Phi) is 5.82. The van der Waals surface area contributed by atoms with Gasteiger partial charge in [-0.15, -0.1) is 0 Å². The molecule has 1 rings (SSSR count). The zero-order valence-electron chi connectivity index (χ0n) is 11.4. The van der Waals surface area contributed by atoms with Crippen LogP contribution in [0.3, 0.4) is 0 Å². The van der Waals surface area contributed by atoms with Gasteiger partial charge in [0.05, 0.1) is 10.6 Å². The highest BCUT2D eigenvalue weighted by Crippen LogP contribution is 2.10. The van der Waals surface area contributed by atoms with Gasteiger partial charge in [-0.2, -0.15) is 0 Å². The van der Waals surface area contributed by atoms with Crippen LogP contribution in [-0.4, -0.2) is 26.8 Å². The fourth-order valence-corrected chi connectivity index (χ4v) is 2.92. The van der Waals surface area contributed by atoms with Crippen molar-refractivity contribution in [3.05, 3.63) is 30.3 Å². The minimum absolute atomic E-state index is 0.151. The largest absolute Gasteiger partial charge is 0.313 e. The molecule has 3 nitrogen and oxygen atoms in total. The van der Waals surface area contributed by atoms with E-state index in [1.54, 1.807) is 24.3 Å². The third-order valence-electron chi connectivity index (χ3n) is 3.44. The lowest BCUT2D eigenvalue weighted by molar-refractivity contribution is 0.398. The second-order valence-electron chi connectivity index (χ2n) is 4.76. The highest BCUT2D eigenvalue weighted by atomic mass is 32.2. The molecule has 0 spiro atoms. The van der Waals surface area contributed by atoms with Gasteiger partial charge in [0, 0.05) is 12.6 Å². The molecule has 0 aliphatic heterocycles. The molecular formula is C14H23NO2S. The van der Waals surface area contributed by atoms with Crippen molar-refractivity contribution in [1.29, 1.82) is 0 Å². The van der Waals surface area contributed by atoms with Crippen LogP contribution in [0.1, 0.15) is 27.2 Å². The smallest absolute Gasteiger partial charge is 0.179 e. The van der Waals surface area contributed by atoms with Gasteiger partial charge >= 0.3 is 0 Å². The van der Waals surface area contributed by atoms with Crippen LogP contribution in [-0.2, 0) is 9.84 Å². The van der Waals surface area contributed by atoms with E-state index >= 15 is 0 Å². The van der Waals surface area contributed by atoms with Crippen molar-refractivity contribution in [2.24, 2.45) is 5.92 Å². The number of hydrogen-bond acceptors (Lipinski definition) is 3. The average Bonchev–Trinajstić information content (AvgIpc) is 2.38. The first-order valence-electron chi connectivity index (χ1n) is 6.48. The Balaban J connectivity index is 2.49. The summed E-state index contributed by atoms with van der Waals surface area (Å²) in [5.74, 6) is 0.710. The van der Waals surface area contributed by atoms with Crippen molar-refractivity contribution in [3.63, 3.8) is 0 Å². The molecule has 0 amide bonds. The predicted molar refractivity (Wildman–Crippen MR) is 75.4 cm³/mol. The Morgan fingerprint density at radius 2 is 1.78 bits per heavy atom. The molecule has 0 saturated heterocycles. The highest BCUT2D eigenvalue weighted by molar-refractivity contribution is 7.91. The van der Waals surface area contributed by atoms with E-state index in [-0.39, 0.29) is 5.75 Å². The van der Waals surface area contributed by atoms with Crippen LogP contribution in [0, 0.1) is 5.92 Å². The second-order valence-corrected chi connectivity index (χ2v) is 6.87. The third-order valence-corrected chi connectivity index (χ3v) is 5.17. The first-order valence-corrected chi connectivity index (χ1v) is 8.13. The van der Waals surface area contributed by atoms with Gasteiger partial charge in [-0.3, -0.25) is 0 Å². The van der Waals surface area contributed by atoms with Gasteiger partial charge in [0.25, 0.3) is 0 Å². The fourth-order valence-electron chi connectivity index (χ4n) is 1.72. The summed E-state index contributed by atoms with van der Waals surface area (Å²) >= 11 is 0. The van der Waals surface area contributed by atoms with Crippen molar-refractivity contribution in [2.75, 3.05) is 12.3 Å². The molecule has 0 saturated carbocycles. The van der Waals surface area contributed by atoms with Crippen LogP contribution in [0.2, 0.25) is 0 Å². The van der Waals surface area contributed by atoms with E-state index in [4.69, 9.17) is 0 Å². The minimum Gasteiger partial charge on any atom is -0.313 e. The van der Waals surface area contributed by atoms with Crippen molar-refractivity contribution in [1.82, 2.24) is 5.32 Å². The lowest BCUT2D eigenvalue weighted by atomic mass is 10.0. The van der Waals surface area contributed by atoms with E-state index in [2.05, 4.69) is 26.1 Å². The Hall–Kier alpha value is -0.870. The van der Waals surface area contributed by atoms with Gasteiger partial charge in [-0.05, 0) is 25.0 Å². The summed E-state index contributed by atoms with van der Waals surface area (Å²) in [6.07, 6.45) is 1.10. The van der Waals surface area contributed by atoms with Crippen LogP contribution in [0.25, 0.3) is 0 Å². The van der Waals surface area contributed by atoms with Crippen molar-refractivity contribution in [2.45, 2.75) is 38.1 Å². The van der Waals surface area contributed by atoms with Crippen molar-refractivity contribution in [3.8, 4) is 0 Å². The second kappa shape index (κ2) is 6.90. The molecule has 2 atom stereocenters. The average molecular weight is 269 g/mol. The Morgan fingerprint density at radius 1 is 1.17 bits per heavy atom. The summed E-state index contributed by atoms with van der Waals surface area (Å²) in [6, 6.07) is 8.97. The van der Waals surface area contributed by atoms with Crippen LogP contribution in [0.4, 0.5) is 0 Å². The maximum absolute atomic E-state index is 12.0. The van der Waals surface area contributed by atoms with Gasteiger partial charge < -0.3 is 5.32 Å². The first-order chi connectivity index (χ1) is 8.47. The molecule has 18 heavy (non-hydrogen) atoms.